The molecule has 0 radical (unpaired) electrons. The van der Waals surface area contributed by atoms with Gasteiger partial charge in [0, 0.05) is 18.7 Å². The van der Waals surface area contributed by atoms with Gasteiger partial charge in [-0.15, -0.1) is 5.75 Å². The van der Waals surface area contributed by atoms with Gasteiger partial charge in [-0.2, -0.15) is 0 Å². The minimum absolute atomic E-state index is 0.0671. The second-order valence-corrected chi connectivity index (χ2v) is 4.54. The fraction of sp³-hybridized carbons (Fsp3) is 0.133. The number of halogens is 1. The van der Waals surface area contributed by atoms with E-state index in [4.69, 9.17) is 4.74 Å². The number of para-hydroxylation sites is 1. The van der Waals surface area contributed by atoms with Crippen molar-refractivity contribution in [2.75, 3.05) is 6.61 Å². The topological polar surface area (TPSA) is 105 Å². The quantitative estimate of drug-likeness (QED) is 0.642. The molecular weight excluding hydrogens is 307 g/mol. The summed E-state index contributed by atoms with van der Waals surface area (Å²) in [5.41, 5.74) is -0.158. The highest BCUT2D eigenvalue weighted by molar-refractivity contribution is 5.77. The van der Waals surface area contributed by atoms with E-state index in [2.05, 4.69) is 5.32 Å². The van der Waals surface area contributed by atoms with Crippen LogP contribution in [0.2, 0.25) is 0 Å². The summed E-state index contributed by atoms with van der Waals surface area (Å²) in [7, 11) is 0. The van der Waals surface area contributed by atoms with Gasteiger partial charge >= 0.3 is 0 Å². The largest absolute Gasteiger partial charge is 0.872 e. The summed E-state index contributed by atoms with van der Waals surface area (Å²) in [4.78, 5) is 21.7. The van der Waals surface area contributed by atoms with Crippen LogP contribution in [0.25, 0.3) is 0 Å². The van der Waals surface area contributed by atoms with E-state index in [0.717, 1.165) is 18.2 Å². The first kappa shape index (κ1) is 16.2. The number of carbonyl (C=O) groups excluding carboxylic acids is 1. The lowest BCUT2D eigenvalue weighted by Gasteiger charge is -2.14. The van der Waals surface area contributed by atoms with Gasteiger partial charge < -0.3 is 15.2 Å². The number of rotatable bonds is 6. The summed E-state index contributed by atoms with van der Waals surface area (Å²) in [6, 6.07) is 8.87. The van der Waals surface area contributed by atoms with Crippen LogP contribution in [0.5, 0.6) is 11.5 Å². The molecule has 23 heavy (non-hydrogen) atoms. The molecule has 0 aromatic heterocycles. The Hall–Kier alpha value is -3.16. The first-order valence-corrected chi connectivity index (χ1v) is 6.55. The van der Waals surface area contributed by atoms with E-state index in [9.17, 15) is 24.4 Å². The van der Waals surface area contributed by atoms with E-state index >= 15 is 0 Å². The lowest BCUT2D eigenvalue weighted by molar-refractivity contribution is -0.385. The zero-order valence-electron chi connectivity index (χ0n) is 11.8. The van der Waals surface area contributed by atoms with Gasteiger partial charge in [-0.05, 0) is 17.7 Å². The number of nitro benzene ring substituents is 1. The molecule has 2 aromatic carbocycles. The van der Waals surface area contributed by atoms with Crippen molar-refractivity contribution < 1.29 is 24.0 Å². The highest BCUT2D eigenvalue weighted by atomic mass is 19.1. The van der Waals surface area contributed by atoms with E-state index in [1.54, 1.807) is 6.07 Å². The van der Waals surface area contributed by atoms with Crippen LogP contribution < -0.4 is 15.2 Å². The normalized spacial score (nSPS) is 10.1. The summed E-state index contributed by atoms with van der Waals surface area (Å²) in [6.45, 7) is -0.621. The number of nitrogens with one attached hydrogen (secondary N) is 1. The molecule has 0 unspecified atom stereocenters. The molecule has 0 bridgehead atoms. The Morgan fingerprint density at radius 3 is 2.70 bits per heavy atom. The van der Waals surface area contributed by atoms with Crippen molar-refractivity contribution in [2.45, 2.75) is 6.54 Å². The zero-order valence-corrected chi connectivity index (χ0v) is 11.8. The summed E-state index contributed by atoms with van der Waals surface area (Å²) >= 11 is 0. The molecule has 0 aliphatic heterocycles. The van der Waals surface area contributed by atoms with Crippen molar-refractivity contribution in [3.05, 3.63) is 64.0 Å². The molecule has 8 heteroatoms. The summed E-state index contributed by atoms with van der Waals surface area (Å²) in [5.74, 6) is -1.67. The Labute approximate surface area is 130 Å². The number of nitrogens with zero attached hydrogens (tertiary/aromatic N) is 1. The molecule has 0 aliphatic rings. The number of nitro groups is 1. The van der Waals surface area contributed by atoms with Crippen molar-refractivity contribution >= 4 is 11.6 Å². The van der Waals surface area contributed by atoms with Crippen molar-refractivity contribution in [2.24, 2.45) is 0 Å². The van der Waals surface area contributed by atoms with Crippen LogP contribution in [0.15, 0.2) is 42.5 Å². The molecular formula is C15H12FN2O5-. The van der Waals surface area contributed by atoms with E-state index < -0.39 is 29.0 Å². The minimum atomic E-state index is -0.633. The first-order chi connectivity index (χ1) is 11.0. The molecule has 1 N–H and O–H groups in total. The fourth-order valence-electron chi connectivity index (χ4n) is 1.77. The predicted molar refractivity (Wildman–Crippen MR) is 76.3 cm³/mol. The van der Waals surface area contributed by atoms with Gasteiger partial charge in [0.15, 0.2) is 18.2 Å². The van der Waals surface area contributed by atoms with Crippen LogP contribution in [-0.2, 0) is 11.3 Å². The van der Waals surface area contributed by atoms with Gasteiger partial charge in [-0.3, -0.25) is 14.9 Å². The van der Waals surface area contributed by atoms with Gasteiger partial charge in [0.05, 0.1) is 4.92 Å². The number of ether oxygens (including phenoxy) is 1. The van der Waals surface area contributed by atoms with Crippen LogP contribution in [0, 0.1) is 15.9 Å². The molecule has 2 rings (SSSR count). The smallest absolute Gasteiger partial charge is 0.269 e. The average Bonchev–Trinajstić information content (AvgIpc) is 2.53. The van der Waals surface area contributed by atoms with Crippen LogP contribution in [0.4, 0.5) is 10.1 Å². The van der Waals surface area contributed by atoms with Gasteiger partial charge in [-0.1, -0.05) is 18.2 Å². The first-order valence-electron chi connectivity index (χ1n) is 6.55. The summed E-state index contributed by atoms with van der Waals surface area (Å²) in [6.07, 6.45) is 0. The lowest BCUT2D eigenvalue weighted by Crippen LogP contribution is -2.28. The van der Waals surface area contributed by atoms with Crippen molar-refractivity contribution in [3.8, 4) is 11.5 Å². The number of hydrogen-bond acceptors (Lipinski definition) is 5. The Morgan fingerprint density at radius 1 is 1.26 bits per heavy atom. The highest BCUT2D eigenvalue weighted by Crippen LogP contribution is 2.20. The Morgan fingerprint density at radius 2 is 2.00 bits per heavy atom. The molecule has 2 aromatic rings. The maximum atomic E-state index is 13.3. The molecule has 0 heterocycles. The molecule has 0 spiro atoms. The monoisotopic (exact) mass is 319 g/mol. The van der Waals surface area contributed by atoms with Crippen LogP contribution in [0.3, 0.4) is 0 Å². The van der Waals surface area contributed by atoms with E-state index in [-0.39, 0.29) is 23.5 Å². The van der Waals surface area contributed by atoms with Gasteiger partial charge in [-0.25, -0.2) is 4.39 Å². The summed E-state index contributed by atoms with van der Waals surface area (Å²) < 4.78 is 18.3. The second kappa shape index (κ2) is 7.21. The molecule has 0 saturated carbocycles. The molecule has 120 valence electrons. The maximum absolute atomic E-state index is 13.3. The number of hydrogen-bond donors (Lipinski definition) is 1. The third-order valence-corrected chi connectivity index (χ3v) is 2.93. The van der Waals surface area contributed by atoms with E-state index in [1.807, 2.05) is 0 Å². The summed E-state index contributed by atoms with van der Waals surface area (Å²) in [5, 5.41) is 24.6. The predicted octanol–water partition coefficient (Wildman–Crippen LogP) is 1.50. The Balaban J connectivity index is 1.91. The number of carbonyl (C=O) groups is 1. The average molecular weight is 319 g/mol. The minimum Gasteiger partial charge on any atom is -0.872 e. The van der Waals surface area contributed by atoms with Gasteiger partial charge in [0.25, 0.3) is 11.6 Å². The number of amides is 1. The van der Waals surface area contributed by atoms with Gasteiger partial charge in [0.1, 0.15) is 0 Å². The maximum Gasteiger partial charge on any atom is 0.269 e. The third-order valence-electron chi connectivity index (χ3n) is 2.93. The van der Waals surface area contributed by atoms with E-state index in [1.165, 1.54) is 18.2 Å². The Kier molecular flexibility index (Phi) is 5.08. The molecule has 0 aliphatic carbocycles. The molecule has 7 nitrogen and oxygen atoms in total. The molecule has 1 amide bonds. The standard InChI is InChI=1S/C15H13FN2O5/c16-12-3-1-2-4-14(12)23-9-15(20)17-8-10-7-11(18(21)22)5-6-13(10)19/h1-7,19H,8-9H2,(H,17,20)/p-1. The van der Waals surface area contributed by atoms with Gasteiger partial charge in [0.2, 0.25) is 0 Å². The SMILES string of the molecule is O=C(COc1ccccc1F)NCc1cc([N+](=O)[O-])ccc1[O-]. The highest BCUT2D eigenvalue weighted by Gasteiger charge is 2.09. The van der Waals surface area contributed by atoms with Crippen LogP contribution in [-0.4, -0.2) is 17.4 Å². The zero-order chi connectivity index (χ0) is 16.8. The third kappa shape index (κ3) is 4.40. The second-order valence-electron chi connectivity index (χ2n) is 4.54. The van der Waals surface area contributed by atoms with E-state index in [0.29, 0.717) is 0 Å². The Bertz CT molecular complexity index is 736. The van der Waals surface area contributed by atoms with Crippen molar-refractivity contribution in [1.29, 1.82) is 0 Å². The number of non-ortho nitro benzene ring substituents is 1. The lowest BCUT2D eigenvalue weighted by atomic mass is 10.2. The molecule has 0 atom stereocenters. The van der Waals surface area contributed by atoms with Crippen LogP contribution >= 0.6 is 0 Å². The van der Waals surface area contributed by atoms with Crippen molar-refractivity contribution in [1.82, 2.24) is 5.32 Å². The molecule has 0 saturated heterocycles. The fourth-order valence-corrected chi connectivity index (χ4v) is 1.77. The molecule has 0 fully saturated rings. The number of benzene rings is 2. The van der Waals surface area contributed by atoms with Crippen molar-refractivity contribution in [3.63, 3.8) is 0 Å². The van der Waals surface area contributed by atoms with Crippen LogP contribution in [0.1, 0.15) is 5.56 Å².